The molecule has 2 bridgehead atoms. The Labute approximate surface area is 478 Å². The fourth-order valence-electron chi connectivity index (χ4n) is 11.9. The van der Waals surface area contributed by atoms with E-state index in [2.05, 4.69) is 53.8 Å². The van der Waals surface area contributed by atoms with Gasteiger partial charge in [-0.15, -0.1) is 11.3 Å². The smallest absolute Gasteiger partial charge is 0.258 e. The summed E-state index contributed by atoms with van der Waals surface area (Å²) in [5.41, 5.74) is 3.81. The number of anilines is 1. The Kier molecular flexibility index (Phi) is 18.8. The first kappa shape index (κ1) is 58.5. The molecule has 80 heavy (non-hydrogen) atoms. The van der Waals surface area contributed by atoms with Crippen molar-refractivity contribution in [3.8, 4) is 22.3 Å². The van der Waals surface area contributed by atoms with Crippen molar-refractivity contribution in [2.75, 3.05) is 50.7 Å². The molecule has 4 saturated heterocycles. The fourth-order valence-corrected chi connectivity index (χ4v) is 13.0. The highest BCUT2D eigenvalue weighted by atomic mass is 35.5. The number of ether oxygens (including phenoxy) is 1. The maximum atomic E-state index is 14.8. The molecule has 6 unspecified atom stereocenters. The molecule has 1 aromatic heterocycles. The van der Waals surface area contributed by atoms with Crippen molar-refractivity contribution in [2.24, 2.45) is 5.41 Å². The van der Waals surface area contributed by atoms with Crippen LogP contribution in [0.2, 0.25) is 5.02 Å². The van der Waals surface area contributed by atoms with Gasteiger partial charge >= 0.3 is 0 Å². The van der Waals surface area contributed by atoms with Gasteiger partial charge in [0.1, 0.15) is 30.0 Å². The molecule has 5 heterocycles. The third kappa shape index (κ3) is 14.3. The number of hydrogen-bond donors (Lipinski definition) is 4. The van der Waals surface area contributed by atoms with Crippen LogP contribution in [0.3, 0.4) is 0 Å². The van der Waals surface area contributed by atoms with E-state index in [1.165, 1.54) is 16.2 Å². The van der Waals surface area contributed by atoms with Crippen molar-refractivity contribution in [2.45, 2.75) is 166 Å². The molecular weight excluding hydrogens is 1060 g/mol. The molecule has 1 saturated carbocycles. The number of aryl methyl sites for hydroxylation is 1. The molecule has 4 N–H and O–H groups in total. The number of benzene rings is 3. The van der Waals surface area contributed by atoms with Crippen LogP contribution in [0.5, 0.6) is 5.75 Å². The second-order valence-corrected chi connectivity index (χ2v) is 25.0. The Hall–Kier alpha value is -6.13. The molecule has 428 valence electrons. The third-order valence-electron chi connectivity index (χ3n) is 16.7. The van der Waals surface area contributed by atoms with Crippen LogP contribution in [0.25, 0.3) is 10.4 Å². The second-order valence-electron chi connectivity index (χ2n) is 23.7. The van der Waals surface area contributed by atoms with Gasteiger partial charge in [0.15, 0.2) is 5.67 Å². The molecule has 1 aliphatic carbocycles. The summed E-state index contributed by atoms with van der Waals surface area (Å²) >= 11 is 7.77. The summed E-state index contributed by atoms with van der Waals surface area (Å²) in [4.78, 5) is 82.2. The molecule has 16 nitrogen and oxygen atoms in total. The molecule has 19 heteroatoms. The van der Waals surface area contributed by atoms with Crippen LogP contribution in [-0.4, -0.2) is 142 Å². The Morgan fingerprint density at radius 3 is 2.20 bits per heavy atom. The lowest BCUT2D eigenvalue weighted by Crippen LogP contribution is -2.59. The lowest BCUT2D eigenvalue weighted by molar-refractivity contribution is -0.145. The summed E-state index contributed by atoms with van der Waals surface area (Å²) in [6.07, 6.45) is 8.81. The molecule has 4 aromatic rings. The number of nitriles is 1. The van der Waals surface area contributed by atoms with Gasteiger partial charge in [0.2, 0.25) is 17.7 Å². The number of aliphatic hydroxyl groups excluding tert-OH is 1. The van der Waals surface area contributed by atoms with Crippen LogP contribution in [0.1, 0.15) is 144 Å². The molecule has 6 atom stereocenters. The average Bonchev–Trinajstić information content (AvgIpc) is 3.84. The standard InChI is InChI=1S/C61H77ClFN9O7S/c1-39-54(80-38-66-39)41-13-11-40(12-14-41)51(67-56(75)52-33-47(73)37-71(52)58(77)55(60(2,3)4)68-59(78)61(63)23-24-61)35-53(74)65-25-9-7-5-6-8-10-26-69-27-29-70(30-28-69)44-18-15-42(16-19-44)57(76)72-45-20-21-46(72)32-49(31-45)79-48-22-17-43(36-64)50(62)34-48/h11-19,22,34,38,45-47,49,51-52,55,73H,5-10,20-21,23-33,35,37H2,1-4H3,(H,65,74)(H,67,75)(H,68,78). The highest BCUT2D eigenvalue weighted by Crippen LogP contribution is 2.41. The molecule has 5 aliphatic rings. The van der Waals surface area contributed by atoms with Crippen LogP contribution in [0, 0.1) is 23.7 Å². The number of amides is 5. The number of aliphatic hydroxyl groups is 1. The zero-order valence-electron chi connectivity index (χ0n) is 46.6. The largest absolute Gasteiger partial charge is 0.490 e. The first-order valence-electron chi connectivity index (χ1n) is 28.7. The van der Waals surface area contributed by atoms with E-state index in [1.807, 2.05) is 43.3 Å². The topological polar surface area (TPSA) is 201 Å². The van der Waals surface area contributed by atoms with Crippen molar-refractivity contribution < 1.29 is 38.2 Å². The molecule has 0 radical (unpaired) electrons. The van der Waals surface area contributed by atoms with Gasteiger partial charge in [-0.1, -0.05) is 82.3 Å². The van der Waals surface area contributed by atoms with Gasteiger partial charge in [0.05, 0.1) is 45.2 Å². The third-order valence-corrected chi connectivity index (χ3v) is 18.0. The Bertz CT molecular complexity index is 2870. The number of piperidine rings is 1. The van der Waals surface area contributed by atoms with Gasteiger partial charge in [0, 0.05) is 87.9 Å². The highest BCUT2D eigenvalue weighted by molar-refractivity contribution is 7.13. The Balaban J connectivity index is 0.679. The quantitative estimate of drug-likeness (QED) is 0.0549. The second kappa shape index (κ2) is 25.8. The molecule has 4 aliphatic heterocycles. The zero-order valence-corrected chi connectivity index (χ0v) is 48.1. The zero-order chi connectivity index (χ0) is 56.7. The normalized spacial score (nSPS) is 22.3. The predicted molar refractivity (Wildman–Crippen MR) is 307 cm³/mol. The maximum Gasteiger partial charge on any atom is 0.258 e. The molecule has 9 rings (SSSR count). The first-order valence-corrected chi connectivity index (χ1v) is 30.0. The summed E-state index contributed by atoms with van der Waals surface area (Å²) in [7, 11) is 0. The van der Waals surface area contributed by atoms with Crippen LogP contribution in [0.15, 0.2) is 72.2 Å². The number of rotatable bonds is 22. The van der Waals surface area contributed by atoms with Gasteiger partial charge in [-0.05, 0) is 105 Å². The lowest BCUT2D eigenvalue weighted by Gasteiger charge is -2.39. The van der Waals surface area contributed by atoms with Crippen LogP contribution < -0.4 is 25.6 Å². The summed E-state index contributed by atoms with van der Waals surface area (Å²) in [5, 5.41) is 29.1. The minimum Gasteiger partial charge on any atom is -0.490 e. The predicted octanol–water partition coefficient (Wildman–Crippen LogP) is 8.68. The number of carbonyl (C=O) groups excluding carboxylic acids is 5. The van der Waals surface area contributed by atoms with E-state index in [0.29, 0.717) is 28.4 Å². The minimum atomic E-state index is -2.00. The number of piperazine rings is 1. The number of alkyl halides is 1. The number of thiazole rings is 1. The number of nitrogens with zero attached hydrogens (tertiary/aromatic N) is 6. The molecule has 0 spiro atoms. The van der Waals surface area contributed by atoms with E-state index in [9.17, 15) is 38.7 Å². The van der Waals surface area contributed by atoms with Gasteiger partial charge < -0.3 is 40.5 Å². The van der Waals surface area contributed by atoms with Crippen molar-refractivity contribution >= 4 is 58.2 Å². The van der Waals surface area contributed by atoms with Crippen LogP contribution >= 0.6 is 22.9 Å². The van der Waals surface area contributed by atoms with E-state index >= 15 is 0 Å². The van der Waals surface area contributed by atoms with E-state index in [0.717, 1.165) is 124 Å². The molecule has 5 amide bonds. The number of β-amino-alcohol motifs (C(OH)–C–C–N with tert-alkyl or cyclic N) is 1. The average molecular weight is 1130 g/mol. The number of nitrogens with one attached hydrogen (secondary N) is 3. The van der Waals surface area contributed by atoms with Crippen LogP contribution in [-0.2, 0) is 19.2 Å². The summed E-state index contributed by atoms with van der Waals surface area (Å²) < 4.78 is 21.1. The monoisotopic (exact) mass is 1130 g/mol. The van der Waals surface area contributed by atoms with Crippen molar-refractivity contribution in [1.29, 1.82) is 5.26 Å². The van der Waals surface area contributed by atoms with E-state index in [-0.39, 0.29) is 62.2 Å². The minimum absolute atomic E-state index is 0.00732. The number of hydrogen-bond acceptors (Lipinski definition) is 12. The summed E-state index contributed by atoms with van der Waals surface area (Å²) in [6, 6.07) is 20.3. The number of aromatic nitrogens is 1. The maximum absolute atomic E-state index is 14.8. The Morgan fingerprint density at radius 2 is 1.57 bits per heavy atom. The van der Waals surface area contributed by atoms with Crippen LogP contribution in [0.4, 0.5) is 10.1 Å². The lowest BCUT2D eigenvalue weighted by atomic mass is 9.85. The van der Waals surface area contributed by atoms with Gasteiger partial charge in [-0.3, -0.25) is 28.9 Å². The number of halogens is 2. The fraction of sp³-hybridized carbons (Fsp3) is 0.557. The van der Waals surface area contributed by atoms with Crippen molar-refractivity contribution in [3.63, 3.8) is 0 Å². The summed E-state index contributed by atoms with van der Waals surface area (Å²) in [6.45, 7) is 12.5. The number of likely N-dealkylation sites (tertiary alicyclic amines) is 1. The summed E-state index contributed by atoms with van der Waals surface area (Å²) in [5.74, 6) is -1.44. The molecule has 3 aromatic carbocycles. The molecule has 5 fully saturated rings. The van der Waals surface area contributed by atoms with E-state index < -0.39 is 53.0 Å². The van der Waals surface area contributed by atoms with E-state index in [4.69, 9.17) is 16.3 Å². The number of carbonyl (C=O) groups is 5. The van der Waals surface area contributed by atoms with Crippen molar-refractivity contribution in [1.82, 2.24) is 35.6 Å². The van der Waals surface area contributed by atoms with Gasteiger partial charge in [-0.2, -0.15) is 5.26 Å². The number of unbranched alkanes of at least 4 members (excludes halogenated alkanes) is 5. The van der Waals surface area contributed by atoms with E-state index in [1.54, 1.807) is 44.5 Å². The molecular formula is C61H77ClFN9O7S. The highest BCUT2D eigenvalue weighted by Gasteiger charge is 2.53. The Morgan fingerprint density at radius 1 is 0.900 bits per heavy atom. The van der Waals surface area contributed by atoms with Gasteiger partial charge in [0.25, 0.3) is 11.8 Å². The SMILES string of the molecule is Cc1ncsc1-c1ccc(C(CC(=O)NCCCCCCCCN2CCN(c3ccc(C(=O)N4C5CCC4CC(Oc4ccc(C#N)c(Cl)c4)C5)cc3)CC2)NC(=O)C2CC(O)CN2C(=O)C(NC(=O)C2(F)CC2)C(C)(C)C)cc1. The van der Waals surface area contributed by atoms with Crippen molar-refractivity contribution in [3.05, 3.63) is 99.6 Å². The number of fused-ring (bicyclic) bond motifs is 2. The first-order chi connectivity index (χ1) is 38.4. The van der Waals surface area contributed by atoms with Gasteiger partial charge in [-0.25, -0.2) is 9.37 Å².